The Morgan fingerprint density at radius 3 is 2.27 bits per heavy atom. The summed E-state index contributed by atoms with van der Waals surface area (Å²) in [5.74, 6) is -2.06. The number of carbonyl (C=O) groups is 5. The van der Waals surface area contributed by atoms with Gasteiger partial charge < -0.3 is 30.7 Å². The monoisotopic (exact) mass is 518 g/mol. The molecule has 37 heavy (non-hydrogen) atoms. The first-order valence-electron chi connectivity index (χ1n) is 12.5. The van der Waals surface area contributed by atoms with Gasteiger partial charge in [0, 0.05) is 19.0 Å². The second-order valence-corrected chi connectivity index (χ2v) is 9.84. The first-order chi connectivity index (χ1) is 17.4. The summed E-state index contributed by atoms with van der Waals surface area (Å²) in [6.07, 6.45) is 0.330. The second kappa shape index (κ2) is 13.6. The average Bonchev–Trinajstić information content (AvgIpc) is 3.64. The normalized spacial score (nSPS) is 14.6. The Kier molecular flexibility index (Phi) is 10.9. The third-order valence-electron chi connectivity index (χ3n) is 5.44. The largest absolute Gasteiger partial charge is 0.466 e. The van der Waals surface area contributed by atoms with Crippen LogP contribution >= 0.6 is 0 Å². The Bertz CT molecular complexity index is 957. The summed E-state index contributed by atoms with van der Waals surface area (Å²) < 4.78 is 10.2. The second-order valence-electron chi connectivity index (χ2n) is 9.84. The van der Waals surface area contributed by atoms with Crippen molar-refractivity contribution in [1.82, 2.24) is 15.5 Å². The maximum absolute atomic E-state index is 13.9. The van der Waals surface area contributed by atoms with Crippen molar-refractivity contribution in [3.05, 3.63) is 35.9 Å². The molecule has 11 nitrogen and oxygen atoms in total. The lowest BCUT2D eigenvalue weighted by molar-refractivity contribution is -0.145. The van der Waals surface area contributed by atoms with E-state index in [2.05, 4.69) is 10.6 Å². The minimum atomic E-state index is -1.14. The summed E-state index contributed by atoms with van der Waals surface area (Å²) in [6, 6.07) is 6.39. The molecule has 2 rings (SSSR count). The molecule has 4 amide bonds. The molecule has 0 radical (unpaired) electrons. The van der Waals surface area contributed by atoms with Crippen LogP contribution in [-0.2, 0) is 28.7 Å². The lowest BCUT2D eigenvalue weighted by Gasteiger charge is -2.34. The van der Waals surface area contributed by atoms with Crippen LogP contribution in [0.2, 0.25) is 0 Å². The summed E-state index contributed by atoms with van der Waals surface area (Å²) >= 11 is 0. The topological polar surface area (TPSA) is 157 Å². The van der Waals surface area contributed by atoms with Crippen molar-refractivity contribution < 1.29 is 33.4 Å². The van der Waals surface area contributed by atoms with Crippen molar-refractivity contribution in [2.45, 2.75) is 83.5 Å². The highest BCUT2D eigenvalue weighted by atomic mass is 16.6. The molecule has 1 aliphatic rings. The van der Waals surface area contributed by atoms with Gasteiger partial charge in [-0.3, -0.25) is 19.2 Å². The number of nitrogens with zero attached hydrogens (tertiary/aromatic N) is 1. The third kappa shape index (κ3) is 10.1. The summed E-state index contributed by atoms with van der Waals surface area (Å²) in [5, 5.41) is 5.29. The lowest BCUT2D eigenvalue weighted by atomic mass is 10.0. The molecule has 1 aliphatic carbocycles. The van der Waals surface area contributed by atoms with Crippen LogP contribution in [0.1, 0.15) is 71.4 Å². The number of hydrogen-bond donors (Lipinski definition) is 3. The third-order valence-corrected chi connectivity index (χ3v) is 5.44. The van der Waals surface area contributed by atoms with Crippen molar-refractivity contribution in [2.24, 2.45) is 5.73 Å². The number of rotatable bonds is 13. The number of carbonyl (C=O) groups excluding carboxylic acids is 5. The number of amides is 4. The number of nitrogens with two attached hydrogens (primary N) is 1. The van der Waals surface area contributed by atoms with E-state index in [1.807, 2.05) is 0 Å². The van der Waals surface area contributed by atoms with Crippen LogP contribution in [-0.4, -0.2) is 65.5 Å². The van der Waals surface area contributed by atoms with E-state index in [0.29, 0.717) is 18.4 Å². The fourth-order valence-corrected chi connectivity index (χ4v) is 3.74. The van der Waals surface area contributed by atoms with Gasteiger partial charge in [0.15, 0.2) is 0 Å². The number of alkyl carbamates (subject to hydrolysis) is 1. The number of primary amides is 1. The molecule has 0 bridgehead atoms. The van der Waals surface area contributed by atoms with Crippen LogP contribution in [0.5, 0.6) is 0 Å². The van der Waals surface area contributed by atoms with Crippen LogP contribution in [0.15, 0.2) is 30.3 Å². The molecule has 0 heterocycles. The fraction of sp³-hybridized carbons (Fsp3) is 0.577. The zero-order chi connectivity index (χ0) is 27.6. The van der Waals surface area contributed by atoms with Crippen LogP contribution < -0.4 is 16.4 Å². The van der Waals surface area contributed by atoms with Gasteiger partial charge in [-0.1, -0.05) is 30.3 Å². The average molecular weight is 519 g/mol. The highest BCUT2D eigenvalue weighted by Crippen LogP contribution is 2.35. The number of hydrogen-bond acceptors (Lipinski definition) is 7. The minimum Gasteiger partial charge on any atom is -0.466 e. The molecule has 2 atom stereocenters. The lowest BCUT2D eigenvalue weighted by Crippen LogP contribution is -2.54. The Balaban J connectivity index is 2.33. The Hall–Kier alpha value is -3.63. The van der Waals surface area contributed by atoms with E-state index in [9.17, 15) is 24.0 Å². The molecule has 11 heteroatoms. The maximum Gasteiger partial charge on any atom is 0.408 e. The molecular weight excluding hydrogens is 480 g/mol. The smallest absolute Gasteiger partial charge is 0.408 e. The van der Waals surface area contributed by atoms with E-state index in [0.717, 1.165) is 0 Å². The molecule has 1 saturated carbocycles. The number of esters is 1. The van der Waals surface area contributed by atoms with Gasteiger partial charge in [0.1, 0.15) is 17.7 Å². The van der Waals surface area contributed by atoms with Crippen molar-refractivity contribution in [1.29, 1.82) is 0 Å². The standard InChI is InChI=1S/C26H38N4O7/c1-5-36-21(32)15-16-28-23(33)22(17-9-7-6-8-10-17)30(18-11-12-18)24(34)19(13-14-20(27)31)29-25(35)37-26(2,3)4/h6-10,18-19,22H,5,11-16H2,1-4H3,(H2,27,31)(H,28,33)(H,29,35). The van der Waals surface area contributed by atoms with E-state index >= 15 is 0 Å². The Labute approximate surface area is 217 Å². The van der Waals surface area contributed by atoms with Gasteiger partial charge in [0.05, 0.1) is 13.0 Å². The Morgan fingerprint density at radius 1 is 1.08 bits per heavy atom. The molecule has 0 spiro atoms. The molecule has 2 unspecified atom stereocenters. The van der Waals surface area contributed by atoms with E-state index in [-0.39, 0.29) is 38.5 Å². The predicted molar refractivity (Wildman–Crippen MR) is 135 cm³/mol. The molecule has 4 N–H and O–H groups in total. The van der Waals surface area contributed by atoms with Crippen LogP contribution in [0.25, 0.3) is 0 Å². The summed E-state index contributed by atoms with van der Waals surface area (Å²) in [5.41, 5.74) is 5.08. The van der Waals surface area contributed by atoms with Crippen LogP contribution in [0.4, 0.5) is 4.79 Å². The minimum absolute atomic E-state index is 0.0140. The van der Waals surface area contributed by atoms with Crippen molar-refractivity contribution in [2.75, 3.05) is 13.2 Å². The number of benzene rings is 1. The van der Waals surface area contributed by atoms with Gasteiger partial charge in [-0.05, 0) is 52.5 Å². The van der Waals surface area contributed by atoms with Crippen molar-refractivity contribution >= 4 is 29.8 Å². The zero-order valence-corrected chi connectivity index (χ0v) is 22.0. The predicted octanol–water partition coefficient (Wildman–Crippen LogP) is 1.95. The van der Waals surface area contributed by atoms with Crippen molar-refractivity contribution in [3.63, 3.8) is 0 Å². The first-order valence-corrected chi connectivity index (χ1v) is 12.5. The summed E-state index contributed by atoms with van der Waals surface area (Å²) in [6.45, 7) is 7.04. The molecule has 1 aromatic rings. The number of ether oxygens (including phenoxy) is 2. The zero-order valence-electron chi connectivity index (χ0n) is 22.0. The summed E-state index contributed by atoms with van der Waals surface area (Å²) in [7, 11) is 0. The molecule has 1 fully saturated rings. The van der Waals surface area contributed by atoms with Gasteiger partial charge >= 0.3 is 12.1 Å². The van der Waals surface area contributed by atoms with E-state index in [1.165, 1.54) is 4.90 Å². The van der Waals surface area contributed by atoms with E-state index in [4.69, 9.17) is 15.2 Å². The summed E-state index contributed by atoms with van der Waals surface area (Å²) in [4.78, 5) is 64.5. The van der Waals surface area contributed by atoms with Crippen LogP contribution in [0.3, 0.4) is 0 Å². The Morgan fingerprint density at radius 2 is 1.73 bits per heavy atom. The van der Waals surface area contributed by atoms with Gasteiger partial charge in [-0.15, -0.1) is 0 Å². The molecule has 0 saturated heterocycles. The SMILES string of the molecule is CCOC(=O)CCNC(=O)C(c1ccccc1)N(C(=O)C(CCC(N)=O)NC(=O)OC(C)(C)C)C1CC1. The first kappa shape index (κ1) is 29.6. The quantitative estimate of drug-likeness (QED) is 0.337. The van der Waals surface area contributed by atoms with Gasteiger partial charge in [-0.25, -0.2) is 4.79 Å². The van der Waals surface area contributed by atoms with E-state index < -0.39 is 47.5 Å². The molecular formula is C26H38N4O7. The van der Waals surface area contributed by atoms with Crippen LogP contribution in [0, 0.1) is 0 Å². The maximum atomic E-state index is 13.9. The molecule has 204 valence electrons. The fourth-order valence-electron chi connectivity index (χ4n) is 3.74. The highest BCUT2D eigenvalue weighted by Gasteiger charge is 2.44. The van der Waals surface area contributed by atoms with Crippen molar-refractivity contribution in [3.8, 4) is 0 Å². The van der Waals surface area contributed by atoms with Gasteiger partial charge in [-0.2, -0.15) is 0 Å². The highest BCUT2D eigenvalue weighted by molar-refractivity contribution is 5.93. The molecule has 0 aromatic heterocycles. The van der Waals surface area contributed by atoms with Gasteiger partial charge in [0.2, 0.25) is 17.7 Å². The van der Waals surface area contributed by atoms with Gasteiger partial charge in [0.25, 0.3) is 0 Å². The number of nitrogens with one attached hydrogen (secondary N) is 2. The molecule has 0 aliphatic heterocycles. The van der Waals surface area contributed by atoms with E-state index in [1.54, 1.807) is 58.0 Å². The molecule has 1 aromatic carbocycles.